The zero-order valence-corrected chi connectivity index (χ0v) is 14.6. The monoisotopic (exact) mass is 362 g/mol. The summed E-state index contributed by atoms with van der Waals surface area (Å²) in [6.07, 6.45) is 1.50. The van der Waals surface area contributed by atoms with Crippen LogP contribution >= 0.6 is 23.4 Å². The van der Waals surface area contributed by atoms with Gasteiger partial charge in [0.1, 0.15) is 6.61 Å². The van der Waals surface area contributed by atoms with E-state index in [2.05, 4.69) is 11.6 Å². The molecule has 1 amide bonds. The SMILES string of the molecule is C=CCOC(=O)C1=C(C)N=C2SCC(=O)N2[C@H]1c1ccc(Cl)cc1. The molecule has 0 N–H and O–H groups in total. The van der Waals surface area contributed by atoms with Crippen molar-refractivity contribution in [3.8, 4) is 0 Å². The highest BCUT2D eigenvalue weighted by Gasteiger charge is 2.43. The van der Waals surface area contributed by atoms with Gasteiger partial charge in [-0.05, 0) is 24.6 Å². The first-order chi connectivity index (χ1) is 11.5. The van der Waals surface area contributed by atoms with Gasteiger partial charge in [0, 0.05) is 5.02 Å². The fourth-order valence-electron chi connectivity index (χ4n) is 2.68. The van der Waals surface area contributed by atoms with Crippen LogP contribution in [0.5, 0.6) is 0 Å². The van der Waals surface area contributed by atoms with E-state index in [9.17, 15) is 9.59 Å². The van der Waals surface area contributed by atoms with Gasteiger partial charge in [-0.3, -0.25) is 9.69 Å². The number of ether oxygens (including phenoxy) is 1. The van der Waals surface area contributed by atoms with Gasteiger partial charge in [-0.1, -0.05) is 48.2 Å². The van der Waals surface area contributed by atoms with E-state index in [1.807, 2.05) is 0 Å². The number of allylic oxidation sites excluding steroid dienone is 1. The van der Waals surface area contributed by atoms with Crippen molar-refractivity contribution in [3.05, 3.63) is 58.8 Å². The molecule has 0 aliphatic carbocycles. The molecule has 124 valence electrons. The maximum atomic E-state index is 12.5. The van der Waals surface area contributed by atoms with Crippen LogP contribution in [0.4, 0.5) is 0 Å². The van der Waals surface area contributed by atoms with Gasteiger partial charge in [-0.2, -0.15) is 0 Å². The van der Waals surface area contributed by atoms with Gasteiger partial charge in [0.15, 0.2) is 5.17 Å². The molecular formula is C17H15ClN2O3S. The summed E-state index contributed by atoms with van der Waals surface area (Å²) in [4.78, 5) is 30.9. The average Bonchev–Trinajstić information content (AvgIpc) is 2.93. The molecule has 0 radical (unpaired) electrons. The molecular weight excluding hydrogens is 348 g/mol. The van der Waals surface area contributed by atoms with Crippen LogP contribution in [0.25, 0.3) is 0 Å². The first-order valence-electron chi connectivity index (χ1n) is 7.30. The van der Waals surface area contributed by atoms with Crippen molar-refractivity contribution in [1.82, 2.24) is 4.90 Å². The molecule has 1 fully saturated rings. The number of hydrogen-bond acceptors (Lipinski definition) is 5. The second-order valence-electron chi connectivity index (χ2n) is 5.29. The van der Waals surface area contributed by atoms with Gasteiger partial charge >= 0.3 is 5.97 Å². The van der Waals surface area contributed by atoms with Gasteiger partial charge in [0.05, 0.1) is 23.1 Å². The molecule has 0 bridgehead atoms. The molecule has 5 nitrogen and oxygen atoms in total. The highest BCUT2D eigenvalue weighted by atomic mass is 35.5. The van der Waals surface area contributed by atoms with Crippen LogP contribution in [0.2, 0.25) is 5.02 Å². The van der Waals surface area contributed by atoms with Crippen molar-refractivity contribution in [2.75, 3.05) is 12.4 Å². The van der Waals surface area contributed by atoms with E-state index in [0.29, 0.717) is 27.2 Å². The largest absolute Gasteiger partial charge is 0.458 e. The van der Waals surface area contributed by atoms with Crippen LogP contribution in [-0.2, 0) is 14.3 Å². The summed E-state index contributed by atoms with van der Waals surface area (Å²) in [5.74, 6) is -0.273. The van der Waals surface area contributed by atoms with Crippen LogP contribution in [0, 0.1) is 0 Å². The summed E-state index contributed by atoms with van der Waals surface area (Å²) in [7, 11) is 0. The van der Waals surface area contributed by atoms with Gasteiger partial charge in [-0.15, -0.1) is 0 Å². The highest BCUT2D eigenvalue weighted by Crippen LogP contribution is 2.41. The molecule has 0 spiro atoms. The van der Waals surface area contributed by atoms with E-state index >= 15 is 0 Å². The number of carbonyl (C=O) groups is 2. The number of aliphatic imine (C=N–C) groups is 1. The smallest absolute Gasteiger partial charge is 0.338 e. The Morgan fingerprint density at radius 1 is 1.50 bits per heavy atom. The van der Waals surface area contributed by atoms with Gasteiger partial charge < -0.3 is 4.74 Å². The first-order valence-corrected chi connectivity index (χ1v) is 8.67. The minimum Gasteiger partial charge on any atom is -0.458 e. The summed E-state index contributed by atoms with van der Waals surface area (Å²) >= 11 is 7.33. The number of thioether (sulfide) groups is 1. The fourth-order valence-corrected chi connectivity index (χ4v) is 3.74. The summed E-state index contributed by atoms with van der Waals surface area (Å²) in [6, 6.07) is 6.52. The van der Waals surface area contributed by atoms with E-state index in [1.54, 1.807) is 36.1 Å². The first kappa shape index (κ1) is 16.8. The van der Waals surface area contributed by atoms with E-state index in [4.69, 9.17) is 16.3 Å². The summed E-state index contributed by atoms with van der Waals surface area (Å²) in [5.41, 5.74) is 1.70. The number of halogens is 1. The second-order valence-corrected chi connectivity index (χ2v) is 6.67. The summed E-state index contributed by atoms with van der Waals surface area (Å²) in [6.45, 7) is 5.40. The van der Waals surface area contributed by atoms with E-state index in [-0.39, 0.29) is 12.5 Å². The fraction of sp³-hybridized carbons (Fsp3) is 0.235. The Morgan fingerprint density at radius 3 is 2.88 bits per heavy atom. The number of hydrogen-bond donors (Lipinski definition) is 0. The summed E-state index contributed by atoms with van der Waals surface area (Å²) < 4.78 is 5.21. The predicted molar refractivity (Wildman–Crippen MR) is 94.8 cm³/mol. The van der Waals surface area contributed by atoms with Gasteiger partial charge in [0.2, 0.25) is 5.91 Å². The quantitative estimate of drug-likeness (QED) is 0.609. The van der Waals surface area contributed by atoms with Crippen LogP contribution < -0.4 is 0 Å². The Morgan fingerprint density at radius 2 is 2.21 bits per heavy atom. The standard InChI is InChI=1S/C17H15ClN2O3S/c1-3-8-23-16(22)14-10(2)19-17-20(13(21)9-24-17)15(14)11-4-6-12(18)7-5-11/h3-7,15H,1,8-9H2,2H3/t15-/m0/s1. The lowest BCUT2D eigenvalue weighted by Crippen LogP contribution is -2.39. The number of amidine groups is 1. The van der Waals surface area contributed by atoms with Crippen molar-refractivity contribution < 1.29 is 14.3 Å². The van der Waals surface area contributed by atoms with Crippen molar-refractivity contribution in [1.29, 1.82) is 0 Å². The van der Waals surface area contributed by atoms with Gasteiger partial charge in [0.25, 0.3) is 0 Å². The van der Waals surface area contributed by atoms with E-state index in [1.165, 1.54) is 17.8 Å². The molecule has 2 aliphatic heterocycles. The zero-order valence-electron chi connectivity index (χ0n) is 13.0. The number of nitrogens with zero attached hydrogens (tertiary/aromatic N) is 2. The average molecular weight is 363 g/mol. The number of fused-ring (bicyclic) bond motifs is 1. The lowest BCUT2D eigenvalue weighted by Gasteiger charge is -2.32. The van der Waals surface area contributed by atoms with E-state index < -0.39 is 12.0 Å². The van der Waals surface area contributed by atoms with Crippen molar-refractivity contribution in [2.24, 2.45) is 4.99 Å². The molecule has 2 aliphatic rings. The number of rotatable bonds is 4. The molecule has 0 saturated carbocycles. The maximum absolute atomic E-state index is 12.5. The molecule has 0 unspecified atom stereocenters. The summed E-state index contributed by atoms with van der Waals surface area (Å²) in [5, 5.41) is 1.19. The lowest BCUT2D eigenvalue weighted by atomic mass is 9.94. The zero-order chi connectivity index (χ0) is 17.3. The van der Waals surface area contributed by atoms with Crippen LogP contribution in [0.1, 0.15) is 18.5 Å². The molecule has 7 heteroatoms. The Labute approximate surface area is 149 Å². The topological polar surface area (TPSA) is 59.0 Å². The molecule has 1 aromatic carbocycles. The third-order valence-electron chi connectivity index (χ3n) is 3.72. The van der Waals surface area contributed by atoms with Crippen molar-refractivity contribution >= 4 is 40.4 Å². The Hall–Kier alpha value is -2.05. The molecule has 3 rings (SSSR count). The van der Waals surface area contributed by atoms with E-state index in [0.717, 1.165) is 5.56 Å². The van der Waals surface area contributed by atoms with Crippen LogP contribution in [0.15, 0.2) is 53.2 Å². The van der Waals surface area contributed by atoms with Crippen molar-refractivity contribution in [2.45, 2.75) is 13.0 Å². The number of carbonyl (C=O) groups excluding carboxylic acids is 2. The third kappa shape index (κ3) is 2.99. The van der Waals surface area contributed by atoms with Crippen molar-refractivity contribution in [3.63, 3.8) is 0 Å². The lowest BCUT2D eigenvalue weighted by molar-refractivity contribution is -0.138. The third-order valence-corrected chi connectivity index (χ3v) is 4.91. The Kier molecular flexibility index (Phi) is 4.78. The predicted octanol–water partition coefficient (Wildman–Crippen LogP) is 3.33. The number of esters is 1. The van der Waals surface area contributed by atoms with Gasteiger partial charge in [-0.25, -0.2) is 9.79 Å². The minimum absolute atomic E-state index is 0.0831. The van der Waals surface area contributed by atoms with Crippen LogP contribution in [0.3, 0.4) is 0 Å². The minimum atomic E-state index is -0.561. The maximum Gasteiger partial charge on any atom is 0.338 e. The number of amides is 1. The Balaban J connectivity index is 2.09. The highest BCUT2D eigenvalue weighted by molar-refractivity contribution is 8.15. The number of benzene rings is 1. The molecule has 1 aromatic rings. The second kappa shape index (κ2) is 6.83. The molecule has 1 saturated heterocycles. The molecule has 0 aromatic heterocycles. The Bertz CT molecular complexity index is 771. The molecule has 1 atom stereocenters. The normalized spacial score (nSPS) is 19.9. The molecule has 24 heavy (non-hydrogen) atoms. The molecule has 2 heterocycles. The van der Waals surface area contributed by atoms with Crippen LogP contribution in [-0.4, -0.2) is 34.3 Å².